The van der Waals surface area contributed by atoms with Gasteiger partial charge in [-0.05, 0) is 29.1 Å². The average molecular weight is 526 g/mol. The molecule has 4 aromatic rings. The number of nitrogens with two attached hydrogens (primary N) is 1. The Balaban J connectivity index is 1.72. The van der Waals surface area contributed by atoms with Crippen LogP contribution in [-0.2, 0) is 23.6 Å². The molecule has 3 N–H and O–H groups in total. The van der Waals surface area contributed by atoms with Crippen LogP contribution in [0.15, 0.2) is 54.7 Å². The minimum absolute atomic E-state index is 0.177. The highest BCUT2D eigenvalue weighted by atomic mass is 32.1. The first-order valence-electron chi connectivity index (χ1n) is 10.2. The van der Waals surface area contributed by atoms with Crippen LogP contribution in [0.25, 0.3) is 15.8 Å². The molecule has 0 aliphatic carbocycles. The van der Waals surface area contributed by atoms with E-state index in [2.05, 4.69) is 5.10 Å². The molecule has 188 valence electrons. The van der Waals surface area contributed by atoms with Crippen molar-refractivity contribution in [3.8, 4) is 5.69 Å². The predicted octanol–water partition coefficient (Wildman–Crippen LogP) is 4.93. The van der Waals surface area contributed by atoms with Gasteiger partial charge in [0.25, 0.3) is 5.91 Å². The Morgan fingerprint density at radius 3 is 2.39 bits per heavy atom. The third-order valence-electron chi connectivity index (χ3n) is 5.10. The van der Waals surface area contributed by atoms with E-state index in [0.29, 0.717) is 20.5 Å². The Morgan fingerprint density at radius 1 is 1.00 bits per heavy atom. The van der Waals surface area contributed by atoms with E-state index in [1.807, 2.05) is 5.32 Å². The molecule has 2 heterocycles. The van der Waals surface area contributed by atoms with Gasteiger partial charge in [-0.1, -0.05) is 30.3 Å². The number of primary amides is 1. The van der Waals surface area contributed by atoms with Gasteiger partial charge in [0.2, 0.25) is 5.91 Å². The summed E-state index contributed by atoms with van der Waals surface area (Å²) in [5, 5.41) is 6.24. The normalized spacial score (nSPS) is 12.2. The molecule has 0 aliphatic heterocycles. The molecule has 0 saturated carbocycles. The van der Waals surface area contributed by atoms with E-state index >= 15 is 0 Å². The first kappa shape index (κ1) is 25.2. The fourth-order valence-electron chi connectivity index (χ4n) is 3.56. The van der Waals surface area contributed by atoms with Gasteiger partial charge in [0, 0.05) is 17.5 Å². The second-order valence-corrected chi connectivity index (χ2v) is 8.90. The fourth-order valence-corrected chi connectivity index (χ4v) is 4.76. The molecule has 2 amide bonds. The zero-order chi connectivity index (χ0) is 26.3. The van der Waals surface area contributed by atoms with E-state index in [4.69, 9.17) is 5.73 Å². The number of alkyl halides is 6. The van der Waals surface area contributed by atoms with Crippen LogP contribution in [0.1, 0.15) is 32.1 Å². The van der Waals surface area contributed by atoms with Crippen molar-refractivity contribution in [2.24, 2.45) is 5.73 Å². The second kappa shape index (κ2) is 9.30. The smallest absolute Gasteiger partial charge is 0.368 e. The van der Waals surface area contributed by atoms with E-state index in [1.54, 1.807) is 24.3 Å². The summed E-state index contributed by atoms with van der Waals surface area (Å²) in [6.45, 7) is -0.652. The van der Waals surface area contributed by atoms with E-state index in [1.165, 1.54) is 23.5 Å². The van der Waals surface area contributed by atoms with Crippen molar-refractivity contribution in [2.45, 2.75) is 18.8 Å². The SMILES string of the molecule is NC(=O)CNC(=O)c1cn(-c2cccc3cc(Cc4cccc(C(F)(F)F)c4)sc23)nc1C(F)(F)F. The number of aromatic nitrogens is 2. The monoisotopic (exact) mass is 526 g/mol. The van der Waals surface area contributed by atoms with Gasteiger partial charge >= 0.3 is 12.4 Å². The lowest BCUT2D eigenvalue weighted by Gasteiger charge is -2.08. The highest BCUT2D eigenvalue weighted by Gasteiger charge is 2.39. The lowest BCUT2D eigenvalue weighted by Crippen LogP contribution is -2.34. The van der Waals surface area contributed by atoms with Crippen LogP contribution < -0.4 is 11.1 Å². The summed E-state index contributed by atoms with van der Waals surface area (Å²) in [6, 6.07) is 11.4. The van der Waals surface area contributed by atoms with Crippen molar-refractivity contribution in [1.29, 1.82) is 0 Å². The van der Waals surface area contributed by atoms with Crippen LogP contribution >= 0.6 is 11.3 Å². The van der Waals surface area contributed by atoms with Crippen LogP contribution in [0.5, 0.6) is 0 Å². The molecule has 0 unspecified atom stereocenters. The van der Waals surface area contributed by atoms with Crippen molar-refractivity contribution < 1.29 is 35.9 Å². The zero-order valence-electron chi connectivity index (χ0n) is 18.1. The van der Waals surface area contributed by atoms with E-state index in [-0.39, 0.29) is 12.1 Å². The Labute approximate surface area is 203 Å². The Kier molecular flexibility index (Phi) is 6.52. The van der Waals surface area contributed by atoms with Crippen molar-refractivity contribution in [2.75, 3.05) is 6.54 Å². The lowest BCUT2D eigenvalue weighted by molar-refractivity contribution is -0.141. The number of halogens is 6. The third-order valence-corrected chi connectivity index (χ3v) is 6.28. The fraction of sp³-hybridized carbons (Fsp3) is 0.174. The Morgan fingerprint density at radius 2 is 1.72 bits per heavy atom. The van der Waals surface area contributed by atoms with Crippen LogP contribution in [0.3, 0.4) is 0 Å². The highest BCUT2D eigenvalue weighted by molar-refractivity contribution is 7.19. The molecule has 36 heavy (non-hydrogen) atoms. The maximum Gasteiger partial charge on any atom is 0.435 e. The van der Waals surface area contributed by atoms with Gasteiger partial charge < -0.3 is 11.1 Å². The van der Waals surface area contributed by atoms with Gasteiger partial charge in [-0.25, -0.2) is 4.68 Å². The minimum atomic E-state index is -4.96. The van der Waals surface area contributed by atoms with Gasteiger partial charge in [0.1, 0.15) is 0 Å². The molecule has 0 spiro atoms. The minimum Gasteiger partial charge on any atom is -0.368 e. The number of nitrogens with one attached hydrogen (secondary N) is 1. The number of hydrogen-bond acceptors (Lipinski definition) is 4. The number of carbonyl (C=O) groups excluding carboxylic acids is 2. The van der Waals surface area contributed by atoms with Crippen LogP contribution in [-0.4, -0.2) is 28.1 Å². The third kappa shape index (κ3) is 5.35. The summed E-state index contributed by atoms with van der Waals surface area (Å²) in [4.78, 5) is 23.9. The number of nitrogens with zero attached hydrogens (tertiary/aromatic N) is 2. The summed E-state index contributed by atoms with van der Waals surface area (Å²) in [5.74, 6) is -2.10. The van der Waals surface area contributed by atoms with Crippen molar-refractivity contribution >= 4 is 33.2 Å². The molecular formula is C23H16F6N4O2S. The highest BCUT2D eigenvalue weighted by Crippen LogP contribution is 2.36. The standard InChI is InChI=1S/C23H16F6N4O2S/c24-22(25,26)14-5-1-3-12(7-14)8-15-9-13-4-2-6-17(19(13)36-15)33-11-16(20(32-33)23(27,28)29)21(35)31-10-18(30)34/h1-7,9,11H,8,10H2,(H2,30,34)(H,31,35). The molecule has 0 radical (unpaired) electrons. The first-order valence-corrected chi connectivity index (χ1v) is 11.1. The number of benzene rings is 2. The number of carbonyl (C=O) groups is 2. The van der Waals surface area contributed by atoms with Crippen LogP contribution in [0.2, 0.25) is 0 Å². The average Bonchev–Trinajstić information content (AvgIpc) is 3.41. The number of fused-ring (bicyclic) bond motifs is 1. The molecule has 4 rings (SSSR count). The van der Waals surface area contributed by atoms with Gasteiger partial charge in [0.05, 0.1) is 28.1 Å². The van der Waals surface area contributed by atoms with Gasteiger partial charge in [0.15, 0.2) is 5.69 Å². The van der Waals surface area contributed by atoms with Gasteiger partial charge in [-0.3, -0.25) is 9.59 Å². The Hall–Kier alpha value is -3.87. The topological polar surface area (TPSA) is 90.0 Å². The van der Waals surface area contributed by atoms with Gasteiger partial charge in [-0.2, -0.15) is 31.4 Å². The molecule has 0 atom stereocenters. The van der Waals surface area contributed by atoms with Crippen LogP contribution in [0.4, 0.5) is 26.3 Å². The largest absolute Gasteiger partial charge is 0.435 e. The maximum absolute atomic E-state index is 13.6. The van der Waals surface area contributed by atoms with Gasteiger partial charge in [-0.15, -0.1) is 11.3 Å². The number of hydrogen-bond donors (Lipinski definition) is 2. The quantitative estimate of drug-likeness (QED) is 0.349. The molecule has 0 saturated heterocycles. The molecule has 13 heteroatoms. The summed E-state index contributed by atoms with van der Waals surface area (Å²) >= 11 is 1.19. The maximum atomic E-state index is 13.6. The molecule has 0 fully saturated rings. The molecule has 0 bridgehead atoms. The molecule has 0 aliphatic rings. The number of thiophene rings is 1. The molecule has 6 nitrogen and oxygen atoms in total. The lowest BCUT2D eigenvalue weighted by atomic mass is 10.1. The molecular weight excluding hydrogens is 510 g/mol. The predicted molar refractivity (Wildman–Crippen MR) is 120 cm³/mol. The summed E-state index contributed by atoms with van der Waals surface area (Å²) in [6.07, 6.45) is -8.36. The van der Waals surface area contributed by atoms with Crippen molar-refractivity contribution in [3.05, 3.63) is 82.0 Å². The zero-order valence-corrected chi connectivity index (χ0v) is 18.9. The molecule has 2 aromatic heterocycles. The van der Waals surface area contributed by atoms with E-state index in [0.717, 1.165) is 23.0 Å². The van der Waals surface area contributed by atoms with E-state index < -0.39 is 47.5 Å². The number of amides is 2. The van der Waals surface area contributed by atoms with E-state index in [9.17, 15) is 35.9 Å². The second-order valence-electron chi connectivity index (χ2n) is 7.77. The van der Waals surface area contributed by atoms with Crippen LogP contribution in [0, 0.1) is 0 Å². The Bertz CT molecular complexity index is 1460. The molecule has 2 aromatic carbocycles. The summed E-state index contributed by atoms with van der Waals surface area (Å²) in [5.41, 5.74) is 2.59. The van der Waals surface area contributed by atoms with Crippen molar-refractivity contribution in [3.63, 3.8) is 0 Å². The first-order chi connectivity index (χ1) is 16.8. The number of rotatable bonds is 6. The van der Waals surface area contributed by atoms with Crippen molar-refractivity contribution in [1.82, 2.24) is 15.1 Å². The summed E-state index contributed by atoms with van der Waals surface area (Å²) < 4.78 is 81.3. The summed E-state index contributed by atoms with van der Waals surface area (Å²) in [7, 11) is 0.